The molecule has 0 radical (unpaired) electrons. The van der Waals surface area contributed by atoms with E-state index in [1.807, 2.05) is 0 Å². The van der Waals surface area contributed by atoms with Crippen molar-refractivity contribution in [3.63, 3.8) is 0 Å². The Balaban J connectivity index is 2.05. The third kappa shape index (κ3) is 2.55. The lowest BCUT2D eigenvalue weighted by Crippen LogP contribution is -2.30. The van der Waals surface area contributed by atoms with E-state index in [1.165, 1.54) is 12.1 Å². The van der Waals surface area contributed by atoms with Gasteiger partial charge in [-0.2, -0.15) is 0 Å². The third-order valence-electron chi connectivity index (χ3n) is 3.13. The van der Waals surface area contributed by atoms with E-state index in [9.17, 15) is 14.9 Å². The van der Waals surface area contributed by atoms with Crippen LogP contribution in [0.4, 0.5) is 11.5 Å². The second kappa shape index (κ2) is 4.99. The molecule has 1 aliphatic rings. The molecule has 2 N–H and O–H groups in total. The summed E-state index contributed by atoms with van der Waals surface area (Å²) in [6.45, 7) is 0. The van der Waals surface area contributed by atoms with Crippen molar-refractivity contribution in [2.24, 2.45) is 5.92 Å². The number of pyridine rings is 1. The highest BCUT2D eigenvalue weighted by molar-refractivity contribution is 5.72. The van der Waals surface area contributed by atoms with Crippen molar-refractivity contribution in [1.29, 1.82) is 0 Å². The van der Waals surface area contributed by atoms with Crippen LogP contribution in [0.15, 0.2) is 18.3 Å². The second-order valence-corrected chi connectivity index (χ2v) is 4.29. The Kier molecular flexibility index (Phi) is 3.40. The maximum Gasteiger partial charge on any atom is 0.308 e. The molecule has 1 aromatic heterocycles. The highest BCUT2D eigenvalue weighted by Gasteiger charge is 2.32. The number of carboxylic acids is 1. The molecule has 0 bridgehead atoms. The van der Waals surface area contributed by atoms with Crippen LogP contribution in [0.5, 0.6) is 0 Å². The van der Waals surface area contributed by atoms with Gasteiger partial charge in [0.25, 0.3) is 5.69 Å². The number of aromatic nitrogens is 1. The number of hydrogen-bond donors (Lipinski definition) is 2. The van der Waals surface area contributed by atoms with E-state index in [1.54, 1.807) is 0 Å². The first kappa shape index (κ1) is 12.3. The van der Waals surface area contributed by atoms with Crippen molar-refractivity contribution in [3.05, 3.63) is 28.4 Å². The fraction of sp³-hybridized carbons (Fsp3) is 0.455. The van der Waals surface area contributed by atoms with Crippen molar-refractivity contribution in [3.8, 4) is 0 Å². The maximum atomic E-state index is 11.0. The summed E-state index contributed by atoms with van der Waals surface area (Å²) in [5, 5.41) is 22.5. The van der Waals surface area contributed by atoms with E-state index in [-0.39, 0.29) is 11.7 Å². The number of nitrogens with one attached hydrogen (secondary N) is 1. The van der Waals surface area contributed by atoms with Crippen molar-refractivity contribution in [2.45, 2.75) is 25.3 Å². The van der Waals surface area contributed by atoms with Crippen LogP contribution in [-0.4, -0.2) is 27.0 Å². The highest BCUT2D eigenvalue weighted by Crippen LogP contribution is 2.28. The molecule has 0 aromatic carbocycles. The SMILES string of the molecule is O=C(O)C1CCCC1Nc1ccc([N+](=O)[O-])cn1. The minimum absolute atomic E-state index is 0.0817. The van der Waals surface area contributed by atoms with Gasteiger partial charge in [-0.25, -0.2) is 4.98 Å². The van der Waals surface area contributed by atoms with Gasteiger partial charge in [0.15, 0.2) is 0 Å². The summed E-state index contributed by atoms with van der Waals surface area (Å²) in [5.41, 5.74) is -0.0817. The average Bonchev–Trinajstić information content (AvgIpc) is 2.78. The van der Waals surface area contributed by atoms with Gasteiger partial charge in [0.1, 0.15) is 12.0 Å². The Morgan fingerprint density at radius 3 is 2.83 bits per heavy atom. The van der Waals surface area contributed by atoms with Crippen LogP contribution in [0.3, 0.4) is 0 Å². The van der Waals surface area contributed by atoms with Crippen LogP contribution in [0.25, 0.3) is 0 Å². The first-order chi connectivity index (χ1) is 8.58. The normalized spacial score (nSPS) is 22.7. The van der Waals surface area contributed by atoms with Crippen molar-refractivity contribution < 1.29 is 14.8 Å². The zero-order chi connectivity index (χ0) is 13.1. The topological polar surface area (TPSA) is 105 Å². The molecule has 1 fully saturated rings. The van der Waals surface area contributed by atoms with Crippen LogP contribution >= 0.6 is 0 Å². The van der Waals surface area contributed by atoms with Gasteiger partial charge < -0.3 is 10.4 Å². The molecule has 7 nitrogen and oxygen atoms in total. The Morgan fingerprint density at radius 2 is 2.28 bits per heavy atom. The number of hydrogen-bond acceptors (Lipinski definition) is 5. The monoisotopic (exact) mass is 251 g/mol. The number of aliphatic carboxylic acids is 1. The molecule has 0 amide bonds. The van der Waals surface area contributed by atoms with Gasteiger partial charge >= 0.3 is 5.97 Å². The number of nitrogens with zero attached hydrogens (tertiary/aromatic N) is 2. The van der Waals surface area contributed by atoms with E-state index >= 15 is 0 Å². The molecule has 1 aliphatic carbocycles. The summed E-state index contributed by atoms with van der Waals surface area (Å²) in [7, 11) is 0. The molecule has 0 saturated heterocycles. The fourth-order valence-electron chi connectivity index (χ4n) is 2.20. The summed E-state index contributed by atoms with van der Waals surface area (Å²) >= 11 is 0. The predicted molar refractivity (Wildman–Crippen MR) is 63.3 cm³/mol. The first-order valence-corrected chi connectivity index (χ1v) is 5.67. The summed E-state index contributed by atoms with van der Waals surface area (Å²) in [6.07, 6.45) is 3.45. The van der Waals surface area contributed by atoms with Crippen molar-refractivity contribution in [2.75, 3.05) is 5.32 Å². The van der Waals surface area contributed by atoms with Crippen LogP contribution in [0.1, 0.15) is 19.3 Å². The first-order valence-electron chi connectivity index (χ1n) is 5.67. The van der Waals surface area contributed by atoms with Gasteiger partial charge in [-0.3, -0.25) is 14.9 Å². The number of rotatable bonds is 4. The summed E-state index contributed by atoms with van der Waals surface area (Å²) in [6, 6.07) is 2.69. The molecule has 1 saturated carbocycles. The quantitative estimate of drug-likeness (QED) is 0.622. The lowest BCUT2D eigenvalue weighted by atomic mass is 10.0. The van der Waals surface area contributed by atoms with Gasteiger partial charge in [0.2, 0.25) is 0 Å². The summed E-state index contributed by atoms with van der Waals surface area (Å²) in [4.78, 5) is 24.9. The molecule has 18 heavy (non-hydrogen) atoms. The second-order valence-electron chi connectivity index (χ2n) is 4.29. The van der Waals surface area contributed by atoms with Gasteiger partial charge in [0.05, 0.1) is 10.8 Å². The van der Waals surface area contributed by atoms with Crippen molar-refractivity contribution in [1.82, 2.24) is 4.98 Å². The number of carboxylic acid groups (broad SMARTS) is 1. The zero-order valence-corrected chi connectivity index (χ0v) is 9.57. The molecular formula is C11H13N3O4. The Morgan fingerprint density at radius 1 is 1.50 bits per heavy atom. The lowest BCUT2D eigenvalue weighted by Gasteiger charge is -2.17. The smallest absolute Gasteiger partial charge is 0.308 e. The lowest BCUT2D eigenvalue weighted by molar-refractivity contribution is -0.385. The largest absolute Gasteiger partial charge is 0.481 e. The number of carbonyl (C=O) groups is 1. The summed E-state index contributed by atoms with van der Waals surface area (Å²) < 4.78 is 0. The molecule has 0 spiro atoms. The minimum atomic E-state index is -0.813. The fourth-order valence-corrected chi connectivity index (χ4v) is 2.20. The van der Waals surface area contributed by atoms with Crippen molar-refractivity contribution >= 4 is 17.5 Å². The van der Waals surface area contributed by atoms with Crippen LogP contribution in [0, 0.1) is 16.0 Å². The predicted octanol–water partition coefficient (Wildman–Crippen LogP) is 1.65. The molecule has 0 aliphatic heterocycles. The van der Waals surface area contributed by atoms with Gasteiger partial charge in [-0.15, -0.1) is 0 Å². The standard InChI is InChI=1S/C11H13N3O4/c15-11(16)8-2-1-3-9(8)13-10-5-4-7(6-12-10)14(17)18/h4-6,8-9H,1-3H2,(H,12,13)(H,15,16). The van der Waals surface area contributed by atoms with E-state index < -0.39 is 16.8 Å². The molecule has 2 rings (SSSR count). The van der Waals surface area contributed by atoms with E-state index in [2.05, 4.69) is 10.3 Å². The summed E-state index contributed by atoms with van der Waals surface area (Å²) in [5.74, 6) is -0.757. The van der Waals surface area contributed by atoms with Crippen LogP contribution in [-0.2, 0) is 4.79 Å². The van der Waals surface area contributed by atoms with Gasteiger partial charge in [0, 0.05) is 12.1 Å². The van der Waals surface area contributed by atoms with E-state index in [0.717, 1.165) is 19.0 Å². The Bertz CT molecular complexity index is 460. The number of anilines is 1. The minimum Gasteiger partial charge on any atom is -0.481 e. The zero-order valence-electron chi connectivity index (χ0n) is 9.57. The van der Waals surface area contributed by atoms with Crippen LogP contribution in [0.2, 0.25) is 0 Å². The van der Waals surface area contributed by atoms with Gasteiger partial charge in [-0.1, -0.05) is 6.42 Å². The van der Waals surface area contributed by atoms with Crippen LogP contribution < -0.4 is 5.32 Å². The molecule has 1 heterocycles. The molecule has 2 unspecified atom stereocenters. The average molecular weight is 251 g/mol. The molecule has 96 valence electrons. The van der Waals surface area contributed by atoms with Gasteiger partial charge in [-0.05, 0) is 18.9 Å². The third-order valence-corrected chi connectivity index (χ3v) is 3.13. The molecule has 7 heteroatoms. The molecule has 1 aromatic rings. The Hall–Kier alpha value is -2.18. The highest BCUT2D eigenvalue weighted by atomic mass is 16.6. The molecular weight excluding hydrogens is 238 g/mol. The maximum absolute atomic E-state index is 11.0. The Labute approximate surface area is 103 Å². The van der Waals surface area contributed by atoms with E-state index in [0.29, 0.717) is 12.2 Å². The molecule has 2 atom stereocenters. The number of nitro groups is 1. The van der Waals surface area contributed by atoms with E-state index in [4.69, 9.17) is 5.11 Å².